The Labute approximate surface area is 151 Å². The highest BCUT2D eigenvalue weighted by Gasteiger charge is 2.13. The second-order valence-electron chi connectivity index (χ2n) is 5.75. The van der Waals surface area contributed by atoms with Crippen molar-refractivity contribution < 1.29 is 14.6 Å². The number of ether oxygens (including phenoxy) is 1. The van der Waals surface area contributed by atoms with Crippen molar-refractivity contribution >= 4 is 24.2 Å². The minimum Gasteiger partial charge on any atom is -0.447 e. The van der Waals surface area contributed by atoms with Gasteiger partial charge in [-0.3, -0.25) is 5.32 Å². The molecule has 1 aromatic rings. The number of para-hydroxylation sites is 1. The summed E-state index contributed by atoms with van der Waals surface area (Å²) in [6, 6.07) is 9.12. The van der Waals surface area contributed by atoms with Crippen molar-refractivity contribution in [1.82, 2.24) is 4.90 Å². The number of aliphatic hydroxyl groups excluding tert-OH is 1. The molecular formula is C18H31ClN2O3. The van der Waals surface area contributed by atoms with E-state index in [9.17, 15) is 9.90 Å². The van der Waals surface area contributed by atoms with Crippen LogP contribution in [0.25, 0.3) is 0 Å². The topological polar surface area (TPSA) is 61.8 Å². The highest BCUT2D eigenvalue weighted by atomic mass is 35.5. The first kappa shape index (κ1) is 22.7. The molecule has 0 aromatic heterocycles. The average molecular weight is 359 g/mol. The third-order valence-corrected chi connectivity index (χ3v) is 3.55. The highest BCUT2D eigenvalue weighted by Crippen LogP contribution is 2.06. The lowest BCUT2D eigenvalue weighted by atomic mass is 10.2. The molecule has 0 saturated carbocycles. The zero-order valence-corrected chi connectivity index (χ0v) is 15.6. The number of unbranched alkanes of at least 4 members (excludes halogenated alkanes) is 2. The summed E-state index contributed by atoms with van der Waals surface area (Å²) in [6.45, 7) is 6.82. The predicted molar refractivity (Wildman–Crippen MR) is 101 cm³/mol. The maximum Gasteiger partial charge on any atom is 0.411 e. The predicted octanol–water partition coefficient (Wildman–Crippen LogP) is 3.92. The van der Waals surface area contributed by atoms with Crippen molar-refractivity contribution in [3.05, 3.63) is 30.3 Å². The normalized spacial score (nSPS) is 11.7. The standard InChI is InChI=1S/C18H30N2O3.ClH/c1-3-5-12-20(13-6-4-2)14-17(21)15-23-18(22)19-16-10-8-7-9-11-16;/h7-11,17,21H,3-6,12-15H2,1-2H3,(H,19,22);1H. The van der Waals surface area contributed by atoms with Crippen LogP contribution < -0.4 is 5.32 Å². The molecule has 1 unspecified atom stereocenters. The lowest BCUT2D eigenvalue weighted by Crippen LogP contribution is -2.37. The van der Waals surface area contributed by atoms with Gasteiger partial charge in [0.2, 0.25) is 0 Å². The van der Waals surface area contributed by atoms with Gasteiger partial charge in [0.15, 0.2) is 0 Å². The van der Waals surface area contributed by atoms with Crippen LogP contribution in [-0.2, 0) is 4.74 Å². The Morgan fingerprint density at radius 1 is 1.17 bits per heavy atom. The van der Waals surface area contributed by atoms with Gasteiger partial charge in [-0.05, 0) is 38.1 Å². The Bertz CT molecular complexity index is 424. The Balaban J connectivity index is 0.00000529. The van der Waals surface area contributed by atoms with E-state index in [1.165, 1.54) is 0 Å². The van der Waals surface area contributed by atoms with Crippen LogP contribution in [0.1, 0.15) is 39.5 Å². The molecular weight excluding hydrogens is 328 g/mol. The second-order valence-corrected chi connectivity index (χ2v) is 5.75. The van der Waals surface area contributed by atoms with Crippen LogP contribution in [0.4, 0.5) is 10.5 Å². The van der Waals surface area contributed by atoms with Crippen LogP contribution in [0.5, 0.6) is 0 Å². The number of carbonyl (C=O) groups excluding carboxylic acids is 1. The monoisotopic (exact) mass is 358 g/mol. The van der Waals surface area contributed by atoms with E-state index in [-0.39, 0.29) is 19.0 Å². The minimum atomic E-state index is -0.662. The number of anilines is 1. The fraction of sp³-hybridized carbons (Fsp3) is 0.611. The number of aliphatic hydroxyl groups is 1. The number of rotatable bonds is 11. The van der Waals surface area contributed by atoms with Crippen LogP contribution >= 0.6 is 12.4 Å². The molecule has 0 radical (unpaired) electrons. The van der Waals surface area contributed by atoms with Crippen LogP contribution in [0.15, 0.2) is 30.3 Å². The van der Waals surface area contributed by atoms with Crippen molar-refractivity contribution in [1.29, 1.82) is 0 Å². The third-order valence-electron chi connectivity index (χ3n) is 3.55. The first-order valence-corrected chi connectivity index (χ1v) is 8.55. The smallest absolute Gasteiger partial charge is 0.411 e. The minimum absolute atomic E-state index is 0. The molecule has 0 aliphatic rings. The summed E-state index contributed by atoms with van der Waals surface area (Å²) < 4.78 is 5.09. The summed E-state index contributed by atoms with van der Waals surface area (Å²) in [5, 5.41) is 12.7. The summed E-state index contributed by atoms with van der Waals surface area (Å²) >= 11 is 0. The number of benzene rings is 1. The number of halogens is 1. The van der Waals surface area contributed by atoms with Gasteiger partial charge >= 0.3 is 6.09 Å². The first-order chi connectivity index (χ1) is 11.2. The number of hydrogen-bond acceptors (Lipinski definition) is 4. The Morgan fingerprint density at radius 3 is 2.29 bits per heavy atom. The molecule has 24 heavy (non-hydrogen) atoms. The van der Waals surface area contributed by atoms with Gasteiger partial charge in [-0.2, -0.15) is 0 Å². The number of amides is 1. The van der Waals surface area contributed by atoms with E-state index < -0.39 is 12.2 Å². The summed E-state index contributed by atoms with van der Waals surface area (Å²) in [7, 11) is 0. The van der Waals surface area contributed by atoms with Gasteiger partial charge in [0.05, 0.1) is 0 Å². The maximum atomic E-state index is 11.7. The van der Waals surface area contributed by atoms with Gasteiger partial charge in [0.25, 0.3) is 0 Å². The van der Waals surface area contributed by atoms with Crippen LogP contribution in [0, 0.1) is 0 Å². The van der Waals surface area contributed by atoms with Crippen molar-refractivity contribution in [3.8, 4) is 0 Å². The molecule has 0 aliphatic carbocycles. The molecule has 6 heteroatoms. The third kappa shape index (κ3) is 10.5. The molecule has 0 aliphatic heterocycles. The lowest BCUT2D eigenvalue weighted by Gasteiger charge is -2.24. The molecule has 0 bridgehead atoms. The Kier molecular flexibility index (Phi) is 13.3. The molecule has 0 saturated heterocycles. The van der Waals surface area contributed by atoms with E-state index in [0.717, 1.165) is 38.8 Å². The molecule has 0 heterocycles. The van der Waals surface area contributed by atoms with Crippen molar-refractivity contribution in [3.63, 3.8) is 0 Å². The fourth-order valence-electron chi connectivity index (χ4n) is 2.26. The van der Waals surface area contributed by atoms with Gasteiger partial charge in [-0.1, -0.05) is 44.9 Å². The van der Waals surface area contributed by atoms with E-state index in [0.29, 0.717) is 12.2 Å². The van der Waals surface area contributed by atoms with E-state index in [2.05, 4.69) is 24.1 Å². The second kappa shape index (κ2) is 14.1. The number of nitrogens with one attached hydrogen (secondary N) is 1. The van der Waals surface area contributed by atoms with Gasteiger partial charge in [-0.25, -0.2) is 4.79 Å². The Hall–Kier alpha value is -1.30. The Morgan fingerprint density at radius 2 is 1.75 bits per heavy atom. The number of nitrogens with zero attached hydrogens (tertiary/aromatic N) is 1. The van der Waals surface area contributed by atoms with Gasteiger partial charge in [0, 0.05) is 12.2 Å². The van der Waals surface area contributed by atoms with Crippen molar-refractivity contribution in [2.45, 2.75) is 45.6 Å². The zero-order chi connectivity index (χ0) is 16.9. The van der Waals surface area contributed by atoms with Crippen LogP contribution in [0.2, 0.25) is 0 Å². The summed E-state index contributed by atoms with van der Waals surface area (Å²) in [5.41, 5.74) is 0.680. The highest BCUT2D eigenvalue weighted by molar-refractivity contribution is 5.85. The van der Waals surface area contributed by atoms with E-state index in [1.807, 2.05) is 18.2 Å². The van der Waals surface area contributed by atoms with Crippen LogP contribution in [0.3, 0.4) is 0 Å². The molecule has 0 spiro atoms. The van der Waals surface area contributed by atoms with E-state index in [1.54, 1.807) is 12.1 Å². The summed E-state index contributed by atoms with van der Waals surface area (Å²) in [5.74, 6) is 0. The zero-order valence-electron chi connectivity index (χ0n) is 14.7. The van der Waals surface area contributed by atoms with Gasteiger partial charge in [-0.15, -0.1) is 12.4 Å². The average Bonchev–Trinajstić information content (AvgIpc) is 2.56. The van der Waals surface area contributed by atoms with Crippen LogP contribution in [-0.4, -0.2) is 48.4 Å². The molecule has 138 valence electrons. The molecule has 2 N–H and O–H groups in total. The molecule has 0 fully saturated rings. The molecule has 1 aromatic carbocycles. The molecule has 1 amide bonds. The summed E-state index contributed by atoms with van der Waals surface area (Å²) in [4.78, 5) is 13.9. The largest absolute Gasteiger partial charge is 0.447 e. The molecule has 5 nitrogen and oxygen atoms in total. The lowest BCUT2D eigenvalue weighted by molar-refractivity contribution is 0.0475. The van der Waals surface area contributed by atoms with Crippen molar-refractivity contribution in [2.75, 3.05) is 31.6 Å². The van der Waals surface area contributed by atoms with Crippen molar-refractivity contribution in [2.24, 2.45) is 0 Å². The van der Waals surface area contributed by atoms with E-state index in [4.69, 9.17) is 4.74 Å². The quantitative estimate of drug-likeness (QED) is 0.629. The maximum absolute atomic E-state index is 11.7. The fourth-order valence-corrected chi connectivity index (χ4v) is 2.26. The van der Waals surface area contributed by atoms with E-state index >= 15 is 0 Å². The number of hydrogen-bond donors (Lipinski definition) is 2. The SMILES string of the molecule is CCCCN(CCCC)CC(O)COC(=O)Nc1ccccc1.Cl. The molecule has 1 atom stereocenters. The number of carbonyl (C=O) groups is 1. The molecule has 1 rings (SSSR count). The summed E-state index contributed by atoms with van der Waals surface area (Å²) in [6.07, 6.45) is 3.30. The van der Waals surface area contributed by atoms with Gasteiger partial charge < -0.3 is 14.7 Å². The van der Waals surface area contributed by atoms with Gasteiger partial charge in [0.1, 0.15) is 12.7 Å². The first-order valence-electron chi connectivity index (χ1n) is 8.55.